The van der Waals surface area contributed by atoms with E-state index in [1.807, 2.05) is 38.6 Å². The molecule has 1 unspecified atom stereocenters. The zero-order valence-electron chi connectivity index (χ0n) is 13.9. The Morgan fingerprint density at radius 3 is 2.57 bits per heavy atom. The van der Waals surface area contributed by atoms with Crippen molar-refractivity contribution in [2.24, 2.45) is 13.0 Å². The van der Waals surface area contributed by atoms with Crippen LogP contribution in [0.5, 0.6) is 0 Å². The molecule has 21 heavy (non-hydrogen) atoms. The molecule has 1 atom stereocenters. The van der Waals surface area contributed by atoms with Gasteiger partial charge in [-0.05, 0) is 26.7 Å². The minimum atomic E-state index is -0.473. The minimum absolute atomic E-state index is 0.174. The van der Waals surface area contributed by atoms with E-state index in [1.165, 1.54) is 0 Å². The van der Waals surface area contributed by atoms with Gasteiger partial charge in [0.25, 0.3) is 0 Å². The van der Waals surface area contributed by atoms with Gasteiger partial charge in [0.1, 0.15) is 5.60 Å². The van der Waals surface area contributed by atoms with Gasteiger partial charge >= 0.3 is 6.09 Å². The van der Waals surface area contributed by atoms with Crippen LogP contribution in [0.25, 0.3) is 0 Å². The molecule has 0 aliphatic carbocycles. The predicted molar refractivity (Wildman–Crippen MR) is 82.9 cm³/mol. The molecule has 1 heterocycles. The van der Waals surface area contributed by atoms with Crippen LogP contribution < -0.4 is 10.6 Å². The van der Waals surface area contributed by atoms with Crippen molar-refractivity contribution in [2.45, 2.75) is 52.8 Å². The lowest BCUT2D eigenvalue weighted by Crippen LogP contribution is -2.45. The second-order valence-corrected chi connectivity index (χ2v) is 6.61. The Kier molecular flexibility index (Phi) is 6.20. The van der Waals surface area contributed by atoms with Crippen LogP contribution in [0.4, 0.5) is 4.79 Å². The van der Waals surface area contributed by atoms with Crippen molar-refractivity contribution in [1.82, 2.24) is 20.2 Å². The molecule has 6 heteroatoms. The van der Waals surface area contributed by atoms with E-state index < -0.39 is 5.60 Å². The van der Waals surface area contributed by atoms with Crippen molar-refractivity contribution in [3.63, 3.8) is 0 Å². The van der Waals surface area contributed by atoms with Crippen LogP contribution in [0.1, 0.15) is 40.3 Å². The molecule has 1 amide bonds. The average molecular weight is 296 g/mol. The summed E-state index contributed by atoms with van der Waals surface area (Å²) in [6.07, 6.45) is 3.24. The molecule has 0 saturated heterocycles. The van der Waals surface area contributed by atoms with Crippen molar-refractivity contribution in [2.75, 3.05) is 6.54 Å². The first-order valence-electron chi connectivity index (χ1n) is 7.34. The third kappa shape index (κ3) is 6.62. The summed E-state index contributed by atoms with van der Waals surface area (Å²) >= 11 is 0. The summed E-state index contributed by atoms with van der Waals surface area (Å²) in [5.41, 5.74) is 0.637. The van der Waals surface area contributed by atoms with Crippen molar-refractivity contribution < 1.29 is 9.53 Å². The van der Waals surface area contributed by atoms with Crippen LogP contribution in [-0.2, 0) is 18.3 Å². The largest absolute Gasteiger partial charge is 0.444 e. The summed E-state index contributed by atoms with van der Waals surface area (Å²) in [5.74, 6) is 0.396. The molecule has 120 valence electrons. The van der Waals surface area contributed by atoms with Crippen LogP contribution >= 0.6 is 0 Å². The average Bonchev–Trinajstić information content (AvgIpc) is 2.72. The normalized spacial score (nSPS) is 13.3. The number of aromatic nitrogens is 2. The topological polar surface area (TPSA) is 68.2 Å². The maximum atomic E-state index is 11.7. The number of carbonyl (C=O) groups excluding carboxylic acids is 1. The predicted octanol–water partition coefficient (Wildman–Crippen LogP) is 2.06. The number of nitrogens with zero attached hydrogens (tertiary/aromatic N) is 2. The molecular formula is C15H28N4O2. The number of ether oxygens (including phenoxy) is 1. The lowest BCUT2D eigenvalue weighted by molar-refractivity contribution is 0.0519. The lowest BCUT2D eigenvalue weighted by Gasteiger charge is -2.25. The minimum Gasteiger partial charge on any atom is -0.444 e. The van der Waals surface area contributed by atoms with Crippen LogP contribution in [-0.4, -0.2) is 33.8 Å². The Hall–Kier alpha value is -1.56. The molecule has 0 aliphatic rings. The van der Waals surface area contributed by atoms with E-state index >= 15 is 0 Å². The van der Waals surface area contributed by atoms with Gasteiger partial charge < -0.3 is 19.9 Å². The fourth-order valence-corrected chi connectivity index (χ4v) is 1.84. The smallest absolute Gasteiger partial charge is 0.407 e. The zero-order valence-corrected chi connectivity index (χ0v) is 13.9. The van der Waals surface area contributed by atoms with Gasteiger partial charge in [0.2, 0.25) is 0 Å². The number of imidazole rings is 1. The molecule has 0 aromatic carbocycles. The van der Waals surface area contributed by atoms with Crippen molar-refractivity contribution in [3.8, 4) is 0 Å². The molecule has 0 saturated carbocycles. The molecule has 1 rings (SSSR count). The molecular weight excluding hydrogens is 268 g/mol. The monoisotopic (exact) mass is 296 g/mol. The Labute approximate surface area is 127 Å². The number of rotatable bonds is 6. The third-order valence-corrected chi connectivity index (χ3v) is 3.13. The maximum Gasteiger partial charge on any atom is 0.407 e. The van der Waals surface area contributed by atoms with Crippen LogP contribution in [0.2, 0.25) is 0 Å². The Balaban J connectivity index is 2.43. The first-order valence-corrected chi connectivity index (χ1v) is 7.34. The second-order valence-electron chi connectivity index (χ2n) is 6.61. The first kappa shape index (κ1) is 17.5. The Morgan fingerprint density at radius 2 is 2.10 bits per heavy atom. The molecule has 0 radical (unpaired) electrons. The highest BCUT2D eigenvalue weighted by Crippen LogP contribution is 2.07. The van der Waals surface area contributed by atoms with Crippen molar-refractivity contribution in [3.05, 3.63) is 18.2 Å². The van der Waals surface area contributed by atoms with Crippen molar-refractivity contribution in [1.29, 1.82) is 0 Å². The fourth-order valence-electron chi connectivity index (χ4n) is 1.84. The second kappa shape index (κ2) is 7.45. The van der Waals surface area contributed by atoms with Crippen LogP contribution in [0.15, 0.2) is 12.5 Å². The molecule has 0 aliphatic heterocycles. The summed E-state index contributed by atoms with van der Waals surface area (Å²) in [6, 6.07) is 0.174. The number of alkyl carbamates (subject to hydrolysis) is 1. The Morgan fingerprint density at radius 1 is 1.43 bits per heavy atom. The summed E-state index contributed by atoms with van der Waals surface area (Å²) < 4.78 is 7.22. The van der Waals surface area contributed by atoms with Crippen LogP contribution in [0.3, 0.4) is 0 Å². The number of hydrogen-bond acceptors (Lipinski definition) is 4. The van der Waals surface area contributed by atoms with Gasteiger partial charge in [-0.1, -0.05) is 13.8 Å². The van der Waals surface area contributed by atoms with E-state index in [4.69, 9.17) is 4.74 Å². The highest BCUT2D eigenvalue weighted by Gasteiger charge is 2.19. The summed E-state index contributed by atoms with van der Waals surface area (Å²) in [6.45, 7) is 11.1. The van der Waals surface area contributed by atoms with Gasteiger partial charge in [0, 0.05) is 32.4 Å². The summed E-state index contributed by atoms with van der Waals surface area (Å²) in [7, 11) is 1.97. The van der Waals surface area contributed by atoms with Crippen molar-refractivity contribution >= 4 is 6.09 Å². The van der Waals surface area contributed by atoms with E-state index in [9.17, 15) is 4.79 Å². The van der Waals surface area contributed by atoms with Crippen LogP contribution in [0, 0.1) is 5.92 Å². The molecule has 0 fully saturated rings. The van der Waals surface area contributed by atoms with E-state index in [0.29, 0.717) is 12.5 Å². The van der Waals surface area contributed by atoms with Gasteiger partial charge in [-0.3, -0.25) is 0 Å². The SMILES string of the molecule is CC(C)C(CNC(=O)OC(C)(C)C)NCc1cncn1C. The Bertz CT molecular complexity index is 449. The van der Waals surface area contributed by atoms with Gasteiger partial charge in [0.05, 0.1) is 12.0 Å². The molecule has 1 aromatic rings. The molecule has 2 N–H and O–H groups in total. The van der Waals surface area contributed by atoms with Gasteiger partial charge in [-0.15, -0.1) is 0 Å². The van der Waals surface area contributed by atoms with E-state index in [2.05, 4.69) is 29.5 Å². The summed E-state index contributed by atoms with van der Waals surface area (Å²) in [5, 5.41) is 6.27. The number of carbonyl (C=O) groups is 1. The molecule has 0 spiro atoms. The van der Waals surface area contributed by atoms with E-state index in [-0.39, 0.29) is 12.1 Å². The standard InChI is InChI=1S/C15H28N4O2/c1-11(2)13(9-18-14(20)21-15(3,4)5)17-8-12-7-16-10-19(12)6/h7,10-11,13,17H,8-9H2,1-6H3,(H,18,20). The maximum absolute atomic E-state index is 11.7. The highest BCUT2D eigenvalue weighted by molar-refractivity contribution is 5.67. The number of nitrogens with one attached hydrogen (secondary N) is 2. The van der Waals surface area contributed by atoms with E-state index in [1.54, 1.807) is 6.33 Å². The molecule has 1 aromatic heterocycles. The number of hydrogen-bond donors (Lipinski definition) is 2. The fraction of sp³-hybridized carbons (Fsp3) is 0.733. The summed E-state index contributed by atoms with van der Waals surface area (Å²) in [4.78, 5) is 15.8. The molecule has 0 bridgehead atoms. The van der Waals surface area contributed by atoms with E-state index in [0.717, 1.165) is 12.2 Å². The number of amides is 1. The number of aryl methyl sites for hydroxylation is 1. The third-order valence-electron chi connectivity index (χ3n) is 3.13. The molecule has 6 nitrogen and oxygen atoms in total. The lowest BCUT2D eigenvalue weighted by atomic mass is 10.0. The van der Waals surface area contributed by atoms with Gasteiger partial charge in [0.15, 0.2) is 0 Å². The zero-order chi connectivity index (χ0) is 16.0. The first-order chi connectivity index (χ1) is 9.69. The van der Waals surface area contributed by atoms with Gasteiger partial charge in [-0.25, -0.2) is 9.78 Å². The van der Waals surface area contributed by atoms with Gasteiger partial charge in [-0.2, -0.15) is 0 Å². The quantitative estimate of drug-likeness (QED) is 0.843. The highest BCUT2D eigenvalue weighted by atomic mass is 16.6.